The van der Waals surface area contributed by atoms with Gasteiger partial charge in [-0.2, -0.15) is 0 Å². The fraction of sp³-hybridized carbons (Fsp3) is 0.286. The molecule has 0 bridgehead atoms. The predicted octanol–water partition coefficient (Wildman–Crippen LogP) is 3.11. The summed E-state index contributed by atoms with van der Waals surface area (Å²) < 4.78 is 13.8. The van der Waals surface area contributed by atoms with Gasteiger partial charge in [-0.05, 0) is 24.2 Å². The maximum atomic E-state index is 5.99. The second kappa shape index (κ2) is 11.8. The van der Waals surface area contributed by atoms with E-state index >= 15 is 0 Å². The summed E-state index contributed by atoms with van der Waals surface area (Å²) in [4.78, 5) is 19.7. The number of benzene rings is 1. The van der Waals surface area contributed by atoms with E-state index in [1.165, 1.54) is 0 Å². The summed E-state index contributed by atoms with van der Waals surface area (Å²) in [5.41, 5.74) is 11.1. The Morgan fingerprint density at radius 3 is 2.87 bits per heavy atom. The van der Waals surface area contributed by atoms with E-state index in [1.54, 1.807) is 25.8 Å². The molecule has 1 saturated heterocycles. The third-order valence-corrected chi connectivity index (χ3v) is 6.40. The molecule has 1 aliphatic rings. The molecule has 10 nitrogen and oxygen atoms in total. The normalized spacial score (nSPS) is 16.8. The molecule has 0 spiro atoms. The van der Waals surface area contributed by atoms with Crippen molar-refractivity contribution >= 4 is 23.3 Å². The largest absolute Gasteiger partial charge is 0.491 e. The van der Waals surface area contributed by atoms with E-state index in [1.807, 2.05) is 47.1 Å². The molecule has 0 unspecified atom stereocenters. The van der Waals surface area contributed by atoms with Crippen LogP contribution >= 0.6 is 0 Å². The third-order valence-electron chi connectivity index (χ3n) is 6.40. The van der Waals surface area contributed by atoms with Crippen LogP contribution in [0.25, 0.3) is 22.6 Å². The zero-order valence-corrected chi connectivity index (χ0v) is 21.6. The van der Waals surface area contributed by atoms with Gasteiger partial charge in [0.25, 0.3) is 0 Å². The van der Waals surface area contributed by atoms with Gasteiger partial charge in [0.2, 0.25) is 0 Å². The van der Waals surface area contributed by atoms with Gasteiger partial charge in [0, 0.05) is 63.0 Å². The number of imidazole rings is 1. The number of morpholine rings is 1. The fourth-order valence-electron chi connectivity index (χ4n) is 4.35. The van der Waals surface area contributed by atoms with Crippen molar-refractivity contribution in [3.05, 3.63) is 78.5 Å². The molecule has 4 aromatic rings. The molecule has 1 atom stereocenters. The van der Waals surface area contributed by atoms with Gasteiger partial charge < -0.3 is 25.4 Å². The molecule has 0 radical (unpaired) electrons. The Balaban J connectivity index is 1.24. The molecule has 3 N–H and O–H groups in total. The molecule has 10 heteroatoms. The summed E-state index contributed by atoms with van der Waals surface area (Å²) in [6.45, 7) is 3.68. The number of fused-ring (bicyclic) bond motifs is 1. The van der Waals surface area contributed by atoms with Gasteiger partial charge in [0.05, 0.1) is 24.2 Å². The molecule has 1 aromatic carbocycles. The summed E-state index contributed by atoms with van der Waals surface area (Å²) >= 11 is 0. The van der Waals surface area contributed by atoms with Crippen molar-refractivity contribution < 1.29 is 9.47 Å². The van der Waals surface area contributed by atoms with Crippen molar-refractivity contribution in [2.45, 2.75) is 12.6 Å². The molecule has 1 fully saturated rings. The highest BCUT2D eigenvalue weighted by Gasteiger charge is 2.18. The minimum Gasteiger partial charge on any atom is -0.491 e. The van der Waals surface area contributed by atoms with E-state index in [9.17, 15) is 0 Å². The molecule has 196 valence electrons. The van der Waals surface area contributed by atoms with Gasteiger partial charge in [-0.3, -0.25) is 9.39 Å². The fourth-order valence-corrected chi connectivity index (χ4v) is 4.35. The smallest absolute Gasteiger partial charge is 0.140 e. The van der Waals surface area contributed by atoms with Crippen LogP contribution < -0.4 is 15.8 Å². The Labute approximate surface area is 221 Å². The average molecular weight is 513 g/mol. The Morgan fingerprint density at radius 1 is 1.21 bits per heavy atom. The highest BCUT2D eigenvalue weighted by Crippen LogP contribution is 2.23. The molecule has 3 aromatic heterocycles. The van der Waals surface area contributed by atoms with Gasteiger partial charge in [-0.1, -0.05) is 24.3 Å². The predicted molar refractivity (Wildman–Crippen MR) is 149 cm³/mol. The van der Waals surface area contributed by atoms with E-state index in [0.717, 1.165) is 65.0 Å². The van der Waals surface area contributed by atoms with E-state index in [0.29, 0.717) is 13.2 Å². The van der Waals surface area contributed by atoms with Gasteiger partial charge in [0.1, 0.15) is 36.3 Å². The maximum Gasteiger partial charge on any atom is 0.140 e. The molecule has 38 heavy (non-hydrogen) atoms. The third kappa shape index (κ3) is 5.99. The number of hydrogen-bond acceptors (Lipinski definition) is 9. The summed E-state index contributed by atoms with van der Waals surface area (Å²) in [6.07, 6.45) is 8.69. The lowest BCUT2D eigenvalue weighted by Crippen LogP contribution is -2.42. The molecular weight excluding hydrogens is 480 g/mol. The van der Waals surface area contributed by atoms with E-state index in [4.69, 9.17) is 15.2 Å². The summed E-state index contributed by atoms with van der Waals surface area (Å²) in [7, 11) is 3.82. The van der Waals surface area contributed by atoms with Crippen LogP contribution in [0.2, 0.25) is 0 Å². The SMILES string of the molecule is CN=C/C(=C\N)c1ccc(CNc2cc(-c3cnc4cc(OC[C@@H]5CN(C)CCO5)ccn34)ncn2)cc1. The molecule has 0 saturated carbocycles. The Hall–Kier alpha value is -4.28. The van der Waals surface area contributed by atoms with Crippen molar-refractivity contribution in [1.82, 2.24) is 24.3 Å². The summed E-state index contributed by atoms with van der Waals surface area (Å²) in [5, 5.41) is 3.38. The first-order chi connectivity index (χ1) is 18.6. The zero-order valence-electron chi connectivity index (χ0n) is 21.6. The quantitative estimate of drug-likeness (QED) is 0.329. The number of nitrogens with zero attached hydrogens (tertiary/aromatic N) is 6. The lowest BCUT2D eigenvalue weighted by atomic mass is 10.1. The minimum atomic E-state index is 0.0703. The second-order valence-electron chi connectivity index (χ2n) is 9.15. The first-order valence-corrected chi connectivity index (χ1v) is 12.5. The number of aromatic nitrogens is 4. The van der Waals surface area contributed by atoms with Crippen LogP contribution in [0, 0.1) is 0 Å². The number of nitrogens with two attached hydrogens (primary N) is 1. The number of aliphatic imine (C=N–C) groups is 1. The van der Waals surface area contributed by atoms with Crippen LogP contribution in [0.3, 0.4) is 0 Å². The number of nitrogens with one attached hydrogen (secondary N) is 1. The molecular formula is C28H32N8O2. The van der Waals surface area contributed by atoms with Gasteiger partial charge in [0.15, 0.2) is 0 Å². The molecule has 1 aliphatic heterocycles. The van der Waals surface area contributed by atoms with Crippen LogP contribution in [0.15, 0.2) is 72.4 Å². The van der Waals surface area contributed by atoms with Gasteiger partial charge >= 0.3 is 0 Å². The van der Waals surface area contributed by atoms with Crippen molar-refractivity contribution in [1.29, 1.82) is 0 Å². The first-order valence-electron chi connectivity index (χ1n) is 12.5. The summed E-state index contributed by atoms with van der Waals surface area (Å²) in [5.74, 6) is 1.49. The topological polar surface area (TPSA) is 115 Å². The molecule has 0 aliphatic carbocycles. The van der Waals surface area contributed by atoms with Crippen LogP contribution in [-0.2, 0) is 11.3 Å². The van der Waals surface area contributed by atoms with Gasteiger partial charge in [-0.15, -0.1) is 0 Å². The Bertz CT molecular complexity index is 1430. The van der Waals surface area contributed by atoms with Crippen LogP contribution in [0.5, 0.6) is 5.75 Å². The van der Waals surface area contributed by atoms with E-state index < -0.39 is 0 Å². The highest BCUT2D eigenvalue weighted by atomic mass is 16.5. The zero-order chi connectivity index (χ0) is 26.3. The van der Waals surface area contributed by atoms with Crippen LogP contribution in [0.4, 0.5) is 5.82 Å². The lowest BCUT2D eigenvalue weighted by molar-refractivity contribution is -0.0403. The van der Waals surface area contributed by atoms with Crippen LogP contribution in [-0.4, -0.2) is 77.0 Å². The number of pyridine rings is 1. The highest BCUT2D eigenvalue weighted by molar-refractivity contribution is 6.09. The average Bonchev–Trinajstić information content (AvgIpc) is 3.38. The maximum absolute atomic E-state index is 5.99. The number of hydrogen-bond donors (Lipinski definition) is 2. The Morgan fingerprint density at radius 2 is 2.08 bits per heavy atom. The van der Waals surface area contributed by atoms with Crippen LogP contribution in [0.1, 0.15) is 11.1 Å². The van der Waals surface area contributed by atoms with Crippen molar-refractivity contribution in [2.75, 3.05) is 45.7 Å². The second-order valence-corrected chi connectivity index (χ2v) is 9.15. The number of rotatable bonds is 9. The molecule has 5 rings (SSSR count). The standard InChI is InChI=1S/C28H32N8O2/c1-30-15-22(13-29)21-5-3-20(4-6-21)14-31-27-12-25(33-19-34-27)26-16-32-28-11-23(7-8-36(26)28)38-18-24-17-35(2)9-10-37-24/h3-8,11-13,15-16,19,24H,9-10,14,17-18,29H2,1-2H3,(H,31,33,34)/b22-13+,30-15?/t24-/m0/s1. The van der Waals surface area contributed by atoms with E-state index in [-0.39, 0.29) is 6.10 Å². The monoisotopic (exact) mass is 512 g/mol. The van der Waals surface area contributed by atoms with E-state index in [2.05, 4.69) is 49.3 Å². The Kier molecular flexibility index (Phi) is 7.91. The van der Waals surface area contributed by atoms with Crippen molar-refractivity contribution in [3.63, 3.8) is 0 Å². The number of allylic oxidation sites excluding steroid dienone is 1. The number of ether oxygens (including phenoxy) is 2. The molecule has 0 amide bonds. The first kappa shape index (κ1) is 25.4. The number of likely N-dealkylation sites (N-methyl/N-ethyl adjacent to an activating group) is 1. The van der Waals surface area contributed by atoms with Crippen molar-refractivity contribution in [2.24, 2.45) is 10.7 Å². The lowest BCUT2D eigenvalue weighted by Gasteiger charge is -2.29. The minimum absolute atomic E-state index is 0.0703. The summed E-state index contributed by atoms with van der Waals surface area (Å²) in [6, 6.07) is 14.0. The van der Waals surface area contributed by atoms with Crippen molar-refractivity contribution in [3.8, 4) is 17.1 Å². The molecule has 4 heterocycles. The number of anilines is 1. The van der Waals surface area contributed by atoms with Gasteiger partial charge in [-0.25, -0.2) is 15.0 Å².